The topological polar surface area (TPSA) is 47.3 Å². The number of hydrogen-bond acceptors (Lipinski definition) is 3. The fourth-order valence-corrected chi connectivity index (χ4v) is 1.47. The van der Waals surface area contributed by atoms with Crippen LogP contribution in [0.1, 0.15) is 26.2 Å². The van der Waals surface area contributed by atoms with Crippen LogP contribution in [0.15, 0.2) is 18.2 Å². The van der Waals surface area contributed by atoms with Gasteiger partial charge in [-0.15, -0.1) is 0 Å². The quantitative estimate of drug-likeness (QED) is 0.542. The van der Waals surface area contributed by atoms with Gasteiger partial charge in [0.2, 0.25) is 0 Å². The SMILES string of the molecule is CCCCOCCCNc1cc(N)cc(F)c1. The van der Waals surface area contributed by atoms with Crippen LogP contribution in [0.2, 0.25) is 0 Å². The van der Waals surface area contributed by atoms with E-state index >= 15 is 0 Å². The Hall–Kier alpha value is -1.29. The van der Waals surface area contributed by atoms with Gasteiger partial charge in [-0.1, -0.05) is 13.3 Å². The number of hydrogen-bond donors (Lipinski definition) is 2. The Morgan fingerprint density at radius 2 is 2.00 bits per heavy atom. The normalized spacial score (nSPS) is 10.5. The Kier molecular flexibility index (Phi) is 6.40. The number of nitrogens with one attached hydrogen (secondary N) is 1. The summed E-state index contributed by atoms with van der Waals surface area (Å²) in [6.07, 6.45) is 3.16. The van der Waals surface area contributed by atoms with Gasteiger partial charge in [-0.25, -0.2) is 4.39 Å². The first-order valence-electron chi connectivity index (χ1n) is 6.10. The largest absolute Gasteiger partial charge is 0.399 e. The first-order chi connectivity index (χ1) is 8.22. The van der Waals surface area contributed by atoms with E-state index in [2.05, 4.69) is 12.2 Å². The Bertz CT molecular complexity index is 311. The van der Waals surface area contributed by atoms with Gasteiger partial charge in [0.05, 0.1) is 0 Å². The number of benzene rings is 1. The maximum absolute atomic E-state index is 13.0. The predicted octanol–water partition coefficient (Wildman–Crippen LogP) is 3.03. The molecule has 0 radical (unpaired) electrons. The molecular formula is C13H21FN2O. The second kappa shape index (κ2) is 7.90. The smallest absolute Gasteiger partial charge is 0.127 e. The zero-order valence-corrected chi connectivity index (χ0v) is 10.3. The molecule has 0 aliphatic heterocycles. The highest BCUT2D eigenvalue weighted by Gasteiger charge is 1.97. The minimum absolute atomic E-state index is 0.313. The van der Waals surface area contributed by atoms with Crippen LogP contribution in [0.3, 0.4) is 0 Å². The van der Waals surface area contributed by atoms with Crippen molar-refractivity contribution in [3.05, 3.63) is 24.0 Å². The van der Waals surface area contributed by atoms with Gasteiger partial charge in [0.25, 0.3) is 0 Å². The molecule has 1 aromatic carbocycles. The summed E-state index contributed by atoms with van der Waals surface area (Å²) in [4.78, 5) is 0. The molecule has 0 aromatic heterocycles. The molecule has 3 N–H and O–H groups in total. The molecule has 1 rings (SSSR count). The molecule has 0 heterocycles. The zero-order valence-electron chi connectivity index (χ0n) is 10.3. The fraction of sp³-hybridized carbons (Fsp3) is 0.538. The van der Waals surface area contributed by atoms with E-state index in [4.69, 9.17) is 10.5 Å². The van der Waals surface area contributed by atoms with E-state index in [1.54, 1.807) is 6.07 Å². The summed E-state index contributed by atoms with van der Waals surface area (Å²) >= 11 is 0. The molecule has 0 fully saturated rings. The molecule has 0 saturated heterocycles. The van der Waals surface area contributed by atoms with Crippen LogP contribution in [0, 0.1) is 5.82 Å². The molecule has 0 spiro atoms. The lowest BCUT2D eigenvalue weighted by molar-refractivity contribution is 0.131. The third-order valence-electron chi connectivity index (χ3n) is 2.36. The van der Waals surface area contributed by atoms with Crippen molar-refractivity contribution < 1.29 is 9.13 Å². The first kappa shape index (κ1) is 13.8. The van der Waals surface area contributed by atoms with Gasteiger partial charge in [0.15, 0.2) is 0 Å². The molecule has 17 heavy (non-hydrogen) atoms. The van der Waals surface area contributed by atoms with Crippen molar-refractivity contribution in [3.8, 4) is 0 Å². The minimum atomic E-state index is -0.313. The number of ether oxygens (including phenoxy) is 1. The van der Waals surface area contributed by atoms with Crippen molar-refractivity contribution in [3.63, 3.8) is 0 Å². The molecular weight excluding hydrogens is 219 g/mol. The number of anilines is 2. The lowest BCUT2D eigenvalue weighted by Crippen LogP contribution is -2.06. The van der Waals surface area contributed by atoms with Gasteiger partial charge >= 0.3 is 0 Å². The number of nitrogens with two attached hydrogens (primary N) is 1. The predicted molar refractivity (Wildman–Crippen MR) is 69.6 cm³/mol. The summed E-state index contributed by atoms with van der Waals surface area (Å²) in [5.41, 5.74) is 6.70. The summed E-state index contributed by atoms with van der Waals surface area (Å²) < 4.78 is 18.4. The van der Waals surface area contributed by atoms with Gasteiger partial charge in [-0.3, -0.25) is 0 Å². The van der Waals surface area contributed by atoms with Crippen LogP contribution >= 0.6 is 0 Å². The third kappa shape index (κ3) is 6.12. The monoisotopic (exact) mass is 240 g/mol. The van der Waals surface area contributed by atoms with Gasteiger partial charge in [0, 0.05) is 31.1 Å². The molecule has 0 amide bonds. The number of rotatable bonds is 8. The van der Waals surface area contributed by atoms with Crippen molar-refractivity contribution in [1.82, 2.24) is 0 Å². The average Bonchev–Trinajstić information content (AvgIpc) is 2.26. The summed E-state index contributed by atoms with van der Waals surface area (Å²) in [5, 5.41) is 3.12. The van der Waals surface area contributed by atoms with Crippen LogP contribution < -0.4 is 11.1 Å². The molecule has 0 aliphatic carbocycles. The zero-order chi connectivity index (χ0) is 12.5. The molecule has 3 nitrogen and oxygen atoms in total. The number of halogens is 1. The summed E-state index contributed by atoms with van der Waals surface area (Å²) in [6.45, 7) is 4.45. The molecule has 0 unspecified atom stereocenters. The summed E-state index contributed by atoms with van der Waals surface area (Å²) in [5.74, 6) is -0.313. The Balaban J connectivity index is 2.13. The molecule has 0 bridgehead atoms. The summed E-state index contributed by atoms with van der Waals surface area (Å²) in [6, 6.07) is 4.47. The van der Waals surface area contributed by atoms with E-state index in [9.17, 15) is 4.39 Å². The third-order valence-corrected chi connectivity index (χ3v) is 2.36. The van der Waals surface area contributed by atoms with Gasteiger partial charge < -0.3 is 15.8 Å². The fourth-order valence-electron chi connectivity index (χ4n) is 1.47. The summed E-state index contributed by atoms with van der Waals surface area (Å²) in [7, 11) is 0. The van der Waals surface area contributed by atoms with Crippen LogP contribution in [0.25, 0.3) is 0 Å². The highest BCUT2D eigenvalue weighted by atomic mass is 19.1. The Morgan fingerprint density at radius 1 is 1.24 bits per heavy atom. The highest BCUT2D eigenvalue weighted by Crippen LogP contribution is 2.15. The van der Waals surface area contributed by atoms with E-state index in [1.807, 2.05) is 0 Å². The maximum Gasteiger partial charge on any atom is 0.127 e. The molecule has 1 aromatic rings. The molecule has 0 saturated carbocycles. The van der Waals surface area contributed by atoms with E-state index in [-0.39, 0.29) is 5.82 Å². The molecule has 0 atom stereocenters. The second-order valence-corrected chi connectivity index (χ2v) is 4.02. The van der Waals surface area contributed by atoms with Crippen LogP contribution in [-0.2, 0) is 4.74 Å². The average molecular weight is 240 g/mol. The van der Waals surface area contributed by atoms with Crippen molar-refractivity contribution >= 4 is 11.4 Å². The van der Waals surface area contributed by atoms with Gasteiger partial charge in [-0.2, -0.15) is 0 Å². The van der Waals surface area contributed by atoms with Crippen LogP contribution in [0.5, 0.6) is 0 Å². The molecule has 0 aliphatic rings. The van der Waals surface area contributed by atoms with Crippen molar-refractivity contribution in [1.29, 1.82) is 0 Å². The second-order valence-electron chi connectivity index (χ2n) is 4.02. The van der Waals surface area contributed by atoms with E-state index in [1.165, 1.54) is 12.1 Å². The lowest BCUT2D eigenvalue weighted by atomic mass is 10.2. The van der Waals surface area contributed by atoms with E-state index < -0.39 is 0 Å². The van der Waals surface area contributed by atoms with E-state index in [0.717, 1.165) is 44.7 Å². The number of unbranched alkanes of at least 4 members (excludes halogenated alkanes) is 1. The van der Waals surface area contributed by atoms with Gasteiger partial charge in [-0.05, 0) is 31.0 Å². The van der Waals surface area contributed by atoms with Crippen LogP contribution in [-0.4, -0.2) is 19.8 Å². The standard InChI is InChI=1S/C13H21FN2O/c1-2-3-6-17-7-4-5-16-13-9-11(14)8-12(15)10-13/h8-10,16H,2-7,15H2,1H3. The molecule has 4 heteroatoms. The molecule has 96 valence electrons. The maximum atomic E-state index is 13.0. The Morgan fingerprint density at radius 3 is 2.71 bits per heavy atom. The van der Waals surface area contributed by atoms with Crippen molar-refractivity contribution in [2.75, 3.05) is 30.8 Å². The highest BCUT2D eigenvalue weighted by molar-refractivity contribution is 5.54. The minimum Gasteiger partial charge on any atom is -0.399 e. The van der Waals surface area contributed by atoms with Gasteiger partial charge in [0.1, 0.15) is 5.82 Å². The Labute approximate surface area is 102 Å². The lowest BCUT2D eigenvalue weighted by Gasteiger charge is -2.08. The van der Waals surface area contributed by atoms with E-state index in [0.29, 0.717) is 5.69 Å². The van der Waals surface area contributed by atoms with Crippen LogP contribution in [0.4, 0.5) is 15.8 Å². The van der Waals surface area contributed by atoms with Crippen molar-refractivity contribution in [2.45, 2.75) is 26.2 Å². The first-order valence-corrected chi connectivity index (χ1v) is 6.10. The van der Waals surface area contributed by atoms with Crippen molar-refractivity contribution in [2.24, 2.45) is 0 Å². The number of nitrogen functional groups attached to an aromatic ring is 1.